The minimum absolute atomic E-state index is 0.00984. The van der Waals surface area contributed by atoms with Crippen molar-refractivity contribution in [3.05, 3.63) is 77.0 Å². The molecule has 1 aromatic heterocycles. The SMILES string of the molecule is Cc1ccc(CC2CC(C)(C)OC(c3cnc4c(F)c(F)ccc4c3)=N2)cc1. The van der Waals surface area contributed by atoms with Gasteiger partial charge in [-0.1, -0.05) is 29.8 Å². The second-order valence-corrected chi connectivity index (χ2v) is 8.00. The van der Waals surface area contributed by atoms with E-state index in [1.165, 1.54) is 23.4 Å². The van der Waals surface area contributed by atoms with Crippen LogP contribution in [0.2, 0.25) is 0 Å². The van der Waals surface area contributed by atoms with Crippen LogP contribution in [0.3, 0.4) is 0 Å². The van der Waals surface area contributed by atoms with Crippen LogP contribution >= 0.6 is 0 Å². The summed E-state index contributed by atoms with van der Waals surface area (Å²) >= 11 is 0. The van der Waals surface area contributed by atoms with Crippen molar-refractivity contribution in [2.45, 2.75) is 45.3 Å². The number of nitrogens with zero attached hydrogens (tertiary/aromatic N) is 2. The zero-order valence-electron chi connectivity index (χ0n) is 16.2. The van der Waals surface area contributed by atoms with Crippen molar-refractivity contribution in [2.75, 3.05) is 0 Å². The normalized spacial score (nSPS) is 18.6. The molecule has 3 nitrogen and oxygen atoms in total. The topological polar surface area (TPSA) is 34.5 Å². The molecular weight excluding hydrogens is 358 g/mol. The largest absolute Gasteiger partial charge is 0.471 e. The Morgan fingerprint density at radius 2 is 1.86 bits per heavy atom. The Morgan fingerprint density at radius 3 is 2.61 bits per heavy atom. The van der Waals surface area contributed by atoms with E-state index in [1.54, 1.807) is 6.07 Å². The molecule has 0 radical (unpaired) electrons. The monoisotopic (exact) mass is 380 g/mol. The van der Waals surface area contributed by atoms with Crippen LogP contribution < -0.4 is 0 Å². The first kappa shape index (κ1) is 18.5. The van der Waals surface area contributed by atoms with E-state index in [-0.39, 0.29) is 17.2 Å². The van der Waals surface area contributed by atoms with Crippen LogP contribution in [0, 0.1) is 18.6 Å². The van der Waals surface area contributed by atoms with E-state index >= 15 is 0 Å². The quantitative estimate of drug-likeness (QED) is 0.611. The predicted octanol–water partition coefficient (Wildman–Crippen LogP) is 5.38. The molecule has 0 aliphatic carbocycles. The highest BCUT2D eigenvalue weighted by Crippen LogP contribution is 2.29. The average Bonchev–Trinajstić information content (AvgIpc) is 2.65. The molecule has 0 saturated carbocycles. The fourth-order valence-electron chi connectivity index (χ4n) is 3.61. The zero-order chi connectivity index (χ0) is 19.9. The summed E-state index contributed by atoms with van der Waals surface area (Å²) < 4.78 is 33.4. The van der Waals surface area contributed by atoms with Crippen molar-refractivity contribution in [3.63, 3.8) is 0 Å². The first-order valence-corrected chi connectivity index (χ1v) is 9.37. The Bertz CT molecular complexity index is 1060. The molecule has 2 aromatic carbocycles. The van der Waals surface area contributed by atoms with Gasteiger partial charge in [0.25, 0.3) is 0 Å². The summed E-state index contributed by atoms with van der Waals surface area (Å²) in [6.45, 7) is 6.14. The van der Waals surface area contributed by atoms with Crippen molar-refractivity contribution >= 4 is 16.8 Å². The van der Waals surface area contributed by atoms with Crippen LogP contribution in [0.5, 0.6) is 0 Å². The third-order valence-electron chi connectivity index (χ3n) is 4.98. The van der Waals surface area contributed by atoms with Gasteiger partial charge in [-0.15, -0.1) is 0 Å². The van der Waals surface area contributed by atoms with Gasteiger partial charge in [0, 0.05) is 18.0 Å². The predicted molar refractivity (Wildman–Crippen MR) is 107 cm³/mol. The average molecular weight is 380 g/mol. The number of aryl methyl sites for hydroxylation is 1. The van der Waals surface area contributed by atoms with Gasteiger partial charge in [-0.25, -0.2) is 13.8 Å². The number of aromatic nitrogens is 1. The molecule has 0 bridgehead atoms. The van der Waals surface area contributed by atoms with Crippen LogP contribution in [0.25, 0.3) is 10.9 Å². The second-order valence-electron chi connectivity index (χ2n) is 8.00. The number of rotatable bonds is 3. The number of ether oxygens (including phenoxy) is 1. The molecule has 4 rings (SSSR count). The second kappa shape index (κ2) is 6.97. The minimum atomic E-state index is -0.937. The lowest BCUT2D eigenvalue weighted by molar-refractivity contribution is 0.0634. The molecule has 1 atom stereocenters. The highest BCUT2D eigenvalue weighted by atomic mass is 19.2. The molecule has 1 aliphatic rings. The zero-order valence-corrected chi connectivity index (χ0v) is 16.2. The number of aliphatic imine (C=N–C) groups is 1. The van der Waals surface area contributed by atoms with Gasteiger partial charge in [-0.3, -0.25) is 4.98 Å². The van der Waals surface area contributed by atoms with E-state index in [4.69, 9.17) is 9.73 Å². The molecule has 0 saturated heterocycles. The molecule has 3 aromatic rings. The summed E-state index contributed by atoms with van der Waals surface area (Å²) in [6.07, 6.45) is 3.11. The Balaban J connectivity index is 1.68. The summed E-state index contributed by atoms with van der Waals surface area (Å²) in [6, 6.07) is 12.9. The molecule has 1 unspecified atom stereocenters. The summed E-state index contributed by atoms with van der Waals surface area (Å²) in [7, 11) is 0. The van der Waals surface area contributed by atoms with Gasteiger partial charge >= 0.3 is 0 Å². The Labute approximate surface area is 163 Å². The van der Waals surface area contributed by atoms with Crippen molar-refractivity contribution in [1.82, 2.24) is 4.98 Å². The highest BCUT2D eigenvalue weighted by Gasteiger charge is 2.32. The number of hydrogen-bond donors (Lipinski definition) is 0. The van der Waals surface area contributed by atoms with Crippen LogP contribution in [0.15, 0.2) is 53.7 Å². The Hall–Kier alpha value is -2.82. The lowest BCUT2D eigenvalue weighted by Gasteiger charge is -2.34. The molecule has 0 fully saturated rings. The molecule has 5 heteroatoms. The number of hydrogen-bond acceptors (Lipinski definition) is 3. The number of pyridine rings is 1. The number of halogens is 2. The molecule has 0 spiro atoms. The van der Waals surface area contributed by atoms with E-state index in [1.807, 2.05) is 13.8 Å². The molecule has 144 valence electrons. The van der Waals surface area contributed by atoms with Crippen LogP contribution in [-0.4, -0.2) is 22.5 Å². The van der Waals surface area contributed by atoms with Gasteiger partial charge in [0.1, 0.15) is 11.1 Å². The molecule has 28 heavy (non-hydrogen) atoms. The van der Waals surface area contributed by atoms with Crippen LogP contribution in [0.1, 0.15) is 37.0 Å². The van der Waals surface area contributed by atoms with Crippen LogP contribution in [0.4, 0.5) is 8.78 Å². The van der Waals surface area contributed by atoms with Gasteiger partial charge in [-0.05, 0) is 51.0 Å². The van der Waals surface area contributed by atoms with E-state index in [0.29, 0.717) is 16.8 Å². The first-order chi connectivity index (χ1) is 13.3. The minimum Gasteiger partial charge on any atom is -0.471 e. The van der Waals surface area contributed by atoms with Gasteiger partial charge in [0.2, 0.25) is 5.90 Å². The summed E-state index contributed by atoms with van der Waals surface area (Å²) in [5.74, 6) is -1.35. The van der Waals surface area contributed by atoms with Crippen molar-refractivity contribution < 1.29 is 13.5 Å². The molecular formula is C23H22F2N2O. The van der Waals surface area contributed by atoms with Gasteiger partial charge < -0.3 is 4.74 Å². The fraction of sp³-hybridized carbons (Fsp3) is 0.304. The van der Waals surface area contributed by atoms with Gasteiger partial charge in [0.15, 0.2) is 11.6 Å². The maximum atomic E-state index is 13.9. The van der Waals surface area contributed by atoms with E-state index < -0.39 is 11.6 Å². The van der Waals surface area contributed by atoms with E-state index in [0.717, 1.165) is 18.9 Å². The summed E-state index contributed by atoms with van der Waals surface area (Å²) in [4.78, 5) is 8.91. The fourth-order valence-corrected chi connectivity index (χ4v) is 3.61. The van der Waals surface area contributed by atoms with Crippen LogP contribution in [-0.2, 0) is 11.2 Å². The van der Waals surface area contributed by atoms with Gasteiger partial charge in [0.05, 0.1) is 11.6 Å². The first-order valence-electron chi connectivity index (χ1n) is 9.37. The molecule has 0 N–H and O–H groups in total. The summed E-state index contributed by atoms with van der Waals surface area (Å²) in [5.41, 5.74) is 2.75. The number of fused-ring (bicyclic) bond motifs is 1. The highest BCUT2D eigenvalue weighted by molar-refractivity contribution is 5.98. The maximum absolute atomic E-state index is 13.9. The standard InChI is InChI=1S/C23H22F2N2O/c1-14-4-6-15(7-5-14)10-18-12-23(2,3)28-22(27-18)17-11-16-8-9-19(24)20(25)21(16)26-13-17/h4-9,11,13,18H,10,12H2,1-3H3. The van der Waals surface area contributed by atoms with E-state index in [2.05, 4.69) is 36.2 Å². The third-order valence-corrected chi connectivity index (χ3v) is 4.98. The van der Waals surface area contributed by atoms with Gasteiger partial charge in [-0.2, -0.15) is 0 Å². The van der Waals surface area contributed by atoms with E-state index in [9.17, 15) is 8.78 Å². The number of benzene rings is 2. The van der Waals surface area contributed by atoms with Crippen molar-refractivity contribution in [2.24, 2.45) is 4.99 Å². The Morgan fingerprint density at radius 1 is 1.11 bits per heavy atom. The molecule has 2 heterocycles. The Kier molecular flexibility index (Phi) is 4.61. The van der Waals surface area contributed by atoms with Crippen molar-refractivity contribution in [1.29, 1.82) is 0 Å². The molecule has 0 amide bonds. The lowest BCUT2D eigenvalue weighted by atomic mass is 9.92. The summed E-state index contributed by atoms with van der Waals surface area (Å²) in [5, 5.41) is 0.515. The third kappa shape index (κ3) is 3.75. The smallest absolute Gasteiger partial charge is 0.218 e. The lowest BCUT2D eigenvalue weighted by Crippen LogP contribution is -2.38. The molecule has 1 aliphatic heterocycles. The maximum Gasteiger partial charge on any atom is 0.218 e. The van der Waals surface area contributed by atoms with Crippen molar-refractivity contribution in [3.8, 4) is 0 Å².